The van der Waals surface area contributed by atoms with E-state index < -0.39 is 12.1 Å². The molecule has 1 aliphatic carbocycles. The zero-order valence-electron chi connectivity index (χ0n) is 13.1. The molecule has 20 heavy (non-hydrogen) atoms. The number of nitrogens with one attached hydrogen (secondary N) is 1. The van der Waals surface area contributed by atoms with Gasteiger partial charge < -0.3 is 10.0 Å². The van der Waals surface area contributed by atoms with Gasteiger partial charge in [-0.05, 0) is 32.6 Å². The van der Waals surface area contributed by atoms with Gasteiger partial charge in [-0.1, -0.05) is 32.1 Å². The normalized spacial score (nSPS) is 30.6. The van der Waals surface area contributed by atoms with Crippen molar-refractivity contribution in [2.75, 3.05) is 7.05 Å². The summed E-state index contributed by atoms with van der Waals surface area (Å²) in [6.07, 6.45) is 6.78. The van der Waals surface area contributed by atoms with Crippen LogP contribution in [0.15, 0.2) is 0 Å². The van der Waals surface area contributed by atoms with E-state index in [1.807, 2.05) is 13.8 Å². The van der Waals surface area contributed by atoms with Gasteiger partial charge >= 0.3 is 0 Å². The molecule has 1 radical (unpaired) electrons. The number of amides is 1. The van der Waals surface area contributed by atoms with E-state index in [2.05, 4.69) is 0 Å². The standard InChI is InChI=1S/C16H29N2O2/c1-16(2)10-12(15(20)18(16)3)14(19)13(17)9-11-7-5-4-6-8-11/h11-14,17,19H,4-10H2,1-3H3/t12-,13-,14-/m0/s1. The van der Waals surface area contributed by atoms with Gasteiger partial charge in [0.15, 0.2) is 0 Å². The first-order valence-corrected chi connectivity index (χ1v) is 8.00. The fourth-order valence-electron chi connectivity index (χ4n) is 3.78. The number of aliphatic hydroxyl groups excluding tert-OH is 1. The van der Waals surface area contributed by atoms with Gasteiger partial charge in [-0.3, -0.25) is 10.5 Å². The Balaban J connectivity index is 1.93. The molecule has 1 saturated heterocycles. The molecule has 1 amide bonds. The van der Waals surface area contributed by atoms with Crippen molar-refractivity contribution in [3.05, 3.63) is 0 Å². The minimum atomic E-state index is -0.811. The number of hydrogen-bond acceptors (Lipinski definition) is 2. The molecule has 115 valence electrons. The molecule has 0 aromatic carbocycles. The zero-order chi connectivity index (χ0) is 14.9. The third kappa shape index (κ3) is 3.17. The van der Waals surface area contributed by atoms with Crippen LogP contribution in [-0.4, -0.2) is 40.6 Å². The molecule has 3 atom stereocenters. The zero-order valence-corrected chi connectivity index (χ0v) is 13.1. The highest BCUT2D eigenvalue weighted by atomic mass is 16.3. The van der Waals surface area contributed by atoms with Gasteiger partial charge in [0.2, 0.25) is 5.91 Å². The van der Waals surface area contributed by atoms with Crippen LogP contribution in [0.25, 0.3) is 0 Å². The minimum Gasteiger partial charge on any atom is -0.391 e. The maximum Gasteiger partial charge on any atom is 0.228 e. The second-order valence-corrected chi connectivity index (χ2v) is 7.36. The molecule has 2 N–H and O–H groups in total. The monoisotopic (exact) mass is 281 g/mol. The third-order valence-electron chi connectivity index (χ3n) is 5.41. The molecule has 0 aromatic rings. The van der Waals surface area contributed by atoms with Crippen molar-refractivity contribution in [2.24, 2.45) is 11.8 Å². The molecular weight excluding hydrogens is 252 g/mol. The largest absolute Gasteiger partial charge is 0.391 e. The summed E-state index contributed by atoms with van der Waals surface area (Å²) in [5.41, 5.74) is 8.04. The Hall–Kier alpha value is -0.610. The molecule has 1 saturated carbocycles. The van der Waals surface area contributed by atoms with Gasteiger partial charge in [0, 0.05) is 18.6 Å². The van der Waals surface area contributed by atoms with Crippen LogP contribution < -0.4 is 5.73 Å². The number of carbonyl (C=O) groups excluding carboxylic acids is 1. The van der Waals surface area contributed by atoms with Crippen molar-refractivity contribution < 1.29 is 9.90 Å². The number of likely N-dealkylation sites (tertiary alicyclic amines) is 1. The van der Waals surface area contributed by atoms with E-state index in [4.69, 9.17) is 5.73 Å². The predicted octanol–water partition coefficient (Wildman–Crippen LogP) is 2.23. The molecular formula is C16H29N2O2. The van der Waals surface area contributed by atoms with E-state index in [0.717, 1.165) is 6.42 Å². The molecule has 1 heterocycles. The minimum absolute atomic E-state index is 0.00314. The summed E-state index contributed by atoms with van der Waals surface area (Å²) < 4.78 is 0. The Morgan fingerprint density at radius 3 is 2.45 bits per heavy atom. The lowest BCUT2D eigenvalue weighted by atomic mass is 9.81. The molecule has 0 spiro atoms. The van der Waals surface area contributed by atoms with E-state index in [1.54, 1.807) is 11.9 Å². The van der Waals surface area contributed by atoms with Crippen LogP contribution in [0, 0.1) is 11.8 Å². The van der Waals surface area contributed by atoms with E-state index >= 15 is 0 Å². The number of nitrogens with zero attached hydrogens (tertiary/aromatic N) is 1. The molecule has 1 aliphatic heterocycles. The van der Waals surface area contributed by atoms with Gasteiger partial charge in [-0.15, -0.1) is 0 Å². The number of carbonyl (C=O) groups is 1. The fraction of sp³-hybridized carbons (Fsp3) is 0.938. The van der Waals surface area contributed by atoms with E-state index in [1.165, 1.54) is 32.1 Å². The lowest BCUT2D eigenvalue weighted by Gasteiger charge is -2.28. The van der Waals surface area contributed by atoms with Crippen LogP contribution in [0.5, 0.6) is 0 Å². The Morgan fingerprint density at radius 2 is 1.95 bits per heavy atom. The number of rotatable bonds is 4. The van der Waals surface area contributed by atoms with Crippen LogP contribution in [0.2, 0.25) is 0 Å². The summed E-state index contributed by atoms with van der Waals surface area (Å²) in [4.78, 5) is 14.0. The molecule has 0 unspecified atom stereocenters. The van der Waals surface area contributed by atoms with Gasteiger partial charge in [-0.25, -0.2) is 0 Å². The van der Waals surface area contributed by atoms with Crippen LogP contribution in [0.4, 0.5) is 0 Å². The topological polar surface area (TPSA) is 64.3 Å². The quantitative estimate of drug-likeness (QED) is 0.858. The second kappa shape index (κ2) is 6.02. The second-order valence-electron chi connectivity index (χ2n) is 7.36. The predicted molar refractivity (Wildman–Crippen MR) is 79.0 cm³/mol. The Kier molecular flexibility index (Phi) is 4.75. The highest BCUT2D eigenvalue weighted by molar-refractivity contribution is 5.82. The lowest BCUT2D eigenvalue weighted by Crippen LogP contribution is -2.40. The average molecular weight is 281 g/mol. The molecule has 2 rings (SSSR count). The van der Waals surface area contributed by atoms with Gasteiger partial charge in [-0.2, -0.15) is 0 Å². The first kappa shape index (κ1) is 15.8. The van der Waals surface area contributed by atoms with Crippen molar-refractivity contribution in [1.82, 2.24) is 10.6 Å². The summed E-state index contributed by atoms with van der Waals surface area (Å²) in [7, 11) is 1.80. The Bertz CT molecular complexity index is 350. The van der Waals surface area contributed by atoms with Gasteiger partial charge in [0.05, 0.1) is 12.0 Å². The maximum atomic E-state index is 12.2. The highest BCUT2D eigenvalue weighted by Gasteiger charge is 2.47. The van der Waals surface area contributed by atoms with Crippen LogP contribution in [-0.2, 0) is 4.79 Å². The highest BCUT2D eigenvalue weighted by Crippen LogP contribution is 2.36. The molecule has 4 nitrogen and oxygen atoms in total. The van der Waals surface area contributed by atoms with Gasteiger partial charge in [0.25, 0.3) is 0 Å². The lowest BCUT2D eigenvalue weighted by molar-refractivity contribution is -0.135. The molecule has 2 fully saturated rings. The van der Waals surface area contributed by atoms with Crippen LogP contribution >= 0.6 is 0 Å². The van der Waals surface area contributed by atoms with E-state index in [9.17, 15) is 9.90 Å². The third-order valence-corrected chi connectivity index (χ3v) is 5.41. The van der Waals surface area contributed by atoms with Crippen molar-refractivity contribution in [1.29, 1.82) is 0 Å². The smallest absolute Gasteiger partial charge is 0.228 e. The number of hydrogen-bond donors (Lipinski definition) is 1. The SMILES string of the molecule is CN1C(=O)[C@H]([C@H](O)[C@@H]([NH])CC2CCCCC2)CC1(C)C. The summed E-state index contributed by atoms with van der Waals surface area (Å²) >= 11 is 0. The molecule has 0 aromatic heterocycles. The molecule has 2 aliphatic rings. The Labute approximate surface area is 122 Å². The fourth-order valence-corrected chi connectivity index (χ4v) is 3.78. The van der Waals surface area contributed by atoms with Gasteiger partial charge in [0.1, 0.15) is 0 Å². The molecule has 4 heteroatoms. The van der Waals surface area contributed by atoms with Crippen LogP contribution in [0.1, 0.15) is 58.8 Å². The van der Waals surface area contributed by atoms with Crippen molar-refractivity contribution >= 4 is 5.91 Å². The first-order valence-electron chi connectivity index (χ1n) is 8.00. The van der Waals surface area contributed by atoms with E-state index in [0.29, 0.717) is 12.3 Å². The maximum absolute atomic E-state index is 12.2. The van der Waals surface area contributed by atoms with Crippen molar-refractivity contribution in [3.8, 4) is 0 Å². The van der Waals surface area contributed by atoms with Crippen LogP contribution in [0.3, 0.4) is 0 Å². The van der Waals surface area contributed by atoms with Crippen molar-refractivity contribution in [3.63, 3.8) is 0 Å². The number of aliphatic hydroxyl groups is 1. The summed E-state index contributed by atoms with van der Waals surface area (Å²) in [5.74, 6) is 0.188. The average Bonchev–Trinajstić information content (AvgIpc) is 2.62. The van der Waals surface area contributed by atoms with Crippen molar-refractivity contribution in [2.45, 2.75) is 76.5 Å². The van der Waals surface area contributed by atoms with E-state index in [-0.39, 0.29) is 17.4 Å². The Morgan fingerprint density at radius 1 is 1.35 bits per heavy atom. The summed E-state index contributed by atoms with van der Waals surface area (Å²) in [5, 5.41) is 10.4. The first-order chi connectivity index (χ1) is 9.33. The summed E-state index contributed by atoms with van der Waals surface area (Å²) in [6.45, 7) is 4.05. The molecule has 0 bridgehead atoms. The summed E-state index contributed by atoms with van der Waals surface area (Å²) in [6, 6.07) is -0.519.